The monoisotopic (exact) mass is 328 g/mol. The summed E-state index contributed by atoms with van der Waals surface area (Å²) in [5.41, 5.74) is 3.28. The van der Waals surface area contributed by atoms with E-state index in [1.54, 1.807) is 13.8 Å². The second-order valence-electron chi connectivity index (χ2n) is 6.15. The van der Waals surface area contributed by atoms with Crippen molar-refractivity contribution in [2.45, 2.75) is 13.8 Å². The minimum Gasteiger partial charge on any atom is -0.454 e. The first kappa shape index (κ1) is 15.3. The fourth-order valence-electron chi connectivity index (χ4n) is 3.17. The van der Waals surface area contributed by atoms with Gasteiger partial charge < -0.3 is 4.42 Å². The normalized spacial score (nSPS) is 14.0. The van der Waals surface area contributed by atoms with E-state index in [0.717, 1.165) is 11.1 Å². The highest BCUT2D eigenvalue weighted by Gasteiger charge is 2.36. The lowest BCUT2D eigenvalue weighted by Gasteiger charge is -2.14. The summed E-state index contributed by atoms with van der Waals surface area (Å²) in [7, 11) is 0. The van der Waals surface area contributed by atoms with Crippen LogP contribution in [0.25, 0.3) is 22.6 Å². The minimum atomic E-state index is -0.142. The summed E-state index contributed by atoms with van der Waals surface area (Å²) >= 11 is 0. The second kappa shape index (κ2) is 5.71. The standard InChI is InChI=1S/C22H16O3/c1-13-14(2)20(24)18-17(19(13)23)21(15-9-5-3-6-10-15)25-22(18)16-11-7-4-8-12-16/h3-12H,1-2H3. The molecule has 1 aliphatic rings. The van der Waals surface area contributed by atoms with Gasteiger partial charge in [0.15, 0.2) is 11.6 Å². The Labute approximate surface area is 145 Å². The molecule has 0 aliphatic heterocycles. The summed E-state index contributed by atoms with van der Waals surface area (Å²) in [4.78, 5) is 25.9. The van der Waals surface area contributed by atoms with Crippen molar-refractivity contribution in [2.75, 3.05) is 0 Å². The van der Waals surface area contributed by atoms with Crippen molar-refractivity contribution < 1.29 is 14.0 Å². The largest absolute Gasteiger partial charge is 0.454 e. The van der Waals surface area contributed by atoms with Gasteiger partial charge >= 0.3 is 0 Å². The van der Waals surface area contributed by atoms with Crippen LogP contribution in [-0.4, -0.2) is 11.6 Å². The number of allylic oxidation sites excluding steroid dienone is 2. The van der Waals surface area contributed by atoms with E-state index < -0.39 is 0 Å². The van der Waals surface area contributed by atoms with E-state index in [1.807, 2.05) is 60.7 Å². The molecule has 0 spiro atoms. The molecule has 0 unspecified atom stereocenters. The Morgan fingerprint density at radius 3 is 1.32 bits per heavy atom. The molecule has 122 valence electrons. The Morgan fingerprint density at radius 2 is 0.960 bits per heavy atom. The highest BCUT2D eigenvalue weighted by atomic mass is 16.3. The van der Waals surface area contributed by atoms with Crippen LogP contribution >= 0.6 is 0 Å². The number of furan rings is 1. The molecule has 0 saturated heterocycles. The van der Waals surface area contributed by atoms with E-state index in [2.05, 4.69) is 0 Å². The van der Waals surface area contributed by atoms with Crippen molar-refractivity contribution in [3.63, 3.8) is 0 Å². The van der Waals surface area contributed by atoms with Crippen LogP contribution in [0.1, 0.15) is 34.6 Å². The quantitative estimate of drug-likeness (QED) is 0.639. The molecule has 0 radical (unpaired) electrons. The van der Waals surface area contributed by atoms with Gasteiger partial charge in [-0.2, -0.15) is 0 Å². The van der Waals surface area contributed by atoms with Crippen LogP contribution in [0, 0.1) is 0 Å². The van der Waals surface area contributed by atoms with Crippen LogP contribution in [0.2, 0.25) is 0 Å². The summed E-state index contributed by atoms with van der Waals surface area (Å²) < 4.78 is 6.11. The molecular weight excluding hydrogens is 312 g/mol. The number of ketones is 2. The van der Waals surface area contributed by atoms with Gasteiger partial charge in [-0.1, -0.05) is 60.7 Å². The number of Topliss-reactive ketones (excluding diaryl/α,β-unsaturated/α-hetero) is 2. The Kier molecular flexibility index (Phi) is 3.50. The van der Waals surface area contributed by atoms with Gasteiger partial charge in [0.1, 0.15) is 11.5 Å². The Hall–Kier alpha value is -3.20. The average molecular weight is 328 g/mol. The van der Waals surface area contributed by atoms with Crippen LogP contribution in [0.4, 0.5) is 0 Å². The molecule has 2 aromatic carbocycles. The molecule has 0 fully saturated rings. The Balaban J connectivity index is 2.07. The lowest BCUT2D eigenvalue weighted by molar-refractivity contribution is 0.0976. The molecule has 0 atom stereocenters. The maximum absolute atomic E-state index is 12.9. The number of carbonyl (C=O) groups excluding carboxylic acids is 2. The molecular formula is C22H16O3. The number of rotatable bonds is 2. The highest BCUT2D eigenvalue weighted by Crippen LogP contribution is 2.42. The van der Waals surface area contributed by atoms with Crippen molar-refractivity contribution in [3.05, 3.63) is 82.9 Å². The Morgan fingerprint density at radius 1 is 0.600 bits per heavy atom. The Bertz CT molecular complexity index is 940. The van der Waals surface area contributed by atoms with E-state index in [4.69, 9.17) is 4.42 Å². The molecule has 0 N–H and O–H groups in total. The SMILES string of the molecule is CC1=C(C)C(=O)c2c(-c3ccccc3)oc(-c3ccccc3)c2C1=O. The highest BCUT2D eigenvalue weighted by molar-refractivity contribution is 6.30. The summed E-state index contributed by atoms with van der Waals surface area (Å²) in [6.45, 7) is 3.39. The fourth-order valence-corrected chi connectivity index (χ4v) is 3.17. The lowest BCUT2D eigenvalue weighted by Crippen LogP contribution is -2.19. The number of hydrogen-bond acceptors (Lipinski definition) is 3. The van der Waals surface area contributed by atoms with Gasteiger partial charge in [0.05, 0.1) is 11.1 Å². The topological polar surface area (TPSA) is 47.3 Å². The lowest BCUT2D eigenvalue weighted by atomic mass is 9.84. The molecule has 0 bridgehead atoms. The molecule has 0 saturated carbocycles. The van der Waals surface area contributed by atoms with Crippen LogP contribution in [0.15, 0.2) is 76.2 Å². The predicted molar refractivity (Wildman–Crippen MR) is 96.6 cm³/mol. The summed E-state index contributed by atoms with van der Waals surface area (Å²) in [5.74, 6) is 0.632. The third-order valence-electron chi connectivity index (χ3n) is 4.68. The maximum Gasteiger partial charge on any atom is 0.193 e. The number of carbonyl (C=O) groups is 2. The fraction of sp³-hybridized carbons (Fsp3) is 0.0909. The molecule has 0 amide bonds. The average Bonchev–Trinajstić information content (AvgIpc) is 3.07. The molecule has 3 heteroatoms. The van der Waals surface area contributed by atoms with Gasteiger partial charge in [-0.3, -0.25) is 9.59 Å². The van der Waals surface area contributed by atoms with Crippen molar-refractivity contribution in [1.29, 1.82) is 0 Å². The van der Waals surface area contributed by atoms with Crippen molar-refractivity contribution in [3.8, 4) is 22.6 Å². The van der Waals surface area contributed by atoms with Crippen LogP contribution < -0.4 is 0 Å². The van der Waals surface area contributed by atoms with E-state index in [0.29, 0.717) is 33.8 Å². The van der Waals surface area contributed by atoms with E-state index >= 15 is 0 Å². The first-order valence-electron chi connectivity index (χ1n) is 8.14. The van der Waals surface area contributed by atoms with Crippen molar-refractivity contribution in [2.24, 2.45) is 0 Å². The van der Waals surface area contributed by atoms with Crippen molar-refractivity contribution in [1.82, 2.24) is 0 Å². The maximum atomic E-state index is 12.9. The van der Waals surface area contributed by atoms with Gasteiger partial charge in [-0.15, -0.1) is 0 Å². The molecule has 3 aromatic rings. The number of hydrogen-bond donors (Lipinski definition) is 0. The van der Waals surface area contributed by atoms with Gasteiger partial charge in [-0.05, 0) is 13.8 Å². The third kappa shape index (κ3) is 2.28. The molecule has 3 nitrogen and oxygen atoms in total. The molecule has 4 rings (SSSR count). The zero-order chi connectivity index (χ0) is 17.6. The van der Waals surface area contributed by atoms with Gasteiger partial charge in [0.2, 0.25) is 0 Å². The zero-order valence-electron chi connectivity index (χ0n) is 14.0. The first-order valence-corrected chi connectivity index (χ1v) is 8.14. The van der Waals surface area contributed by atoms with Crippen molar-refractivity contribution >= 4 is 11.6 Å². The number of fused-ring (bicyclic) bond motifs is 1. The zero-order valence-corrected chi connectivity index (χ0v) is 14.0. The van der Waals surface area contributed by atoms with E-state index in [9.17, 15) is 9.59 Å². The van der Waals surface area contributed by atoms with E-state index in [-0.39, 0.29) is 11.6 Å². The summed E-state index contributed by atoms with van der Waals surface area (Å²) in [5, 5.41) is 0. The molecule has 1 heterocycles. The predicted octanol–water partition coefficient (Wildman–Crippen LogP) is 5.33. The first-order chi connectivity index (χ1) is 12.1. The third-order valence-corrected chi connectivity index (χ3v) is 4.68. The van der Waals surface area contributed by atoms with Crippen LogP contribution in [-0.2, 0) is 0 Å². The minimum absolute atomic E-state index is 0.142. The van der Waals surface area contributed by atoms with Gasteiger partial charge in [0.25, 0.3) is 0 Å². The van der Waals surface area contributed by atoms with Crippen LogP contribution in [0.3, 0.4) is 0 Å². The van der Waals surface area contributed by atoms with E-state index in [1.165, 1.54) is 0 Å². The molecule has 1 aromatic heterocycles. The molecule has 1 aliphatic carbocycles. The van der Waals surface area contributed by atoms with Crippen LogP contribution in [0.5, 0.6) is 0 Å². The summed E-state index contributed by atoms with van der Waals surface area (Å²) in [6.07, 6.45) is 0. The molecule has 25 heavy (non-hydrogen) atoms. The second-order valence-corrected chi connectivity index (χ2v) is 6.15. The van der Waals surface area contributed by atoms with Gasteiger partial charge in [-0.25, -0.2) is 0 Å². The smallest absolute Gasteiger partial charge is 0.193 e. The summed E-state index contributed by atoms with van der Waals surface area (Å²) in [6, 6.07) is 18.9. The number of benzene rings is 2. The van der Waals surface area contributed by atoms with Gasteiger partial charge in [0, 0.05) is 22.3 Å².